The first kappa shape index (κ1) is 27.6. The predicted molar refractivity (Wildman–Crippen MR) is 158 cm³/mol. The number of amides is 2. The van der Waals surface area contributed by atoms with Crippen molar-refractivity contribution < 1.29 is 14.4 Å². The molecule has 0 radical (unpaired) electrons. The smallest absolute Gasteiger partial charge is 0.272 e. The van der Waals surface area contributed by atoms with Gasteiger partial charge in [0.05, 0.1) is 0 Å². The first-order valence-corrected chi connectivity index (χ1v) is 12.8. The molecule has 0 aliphatic heterocycles. The molecule has 39 heavy (non-hydrogen) atoms. The van der Waals surface area contributed by atoms with E-state index < -0.39 is 11.8 Å². The SMILES string of the molecule is Cc1ccc(/C=C(\NC(=O)c2ccccc2)C(=O)Nc2ccc(C(=O)/C=C/c3c(Cl)cccc3Cl)cc2)cc1. The van der Waals surface area contributed by atoms with Crippen molar-refractivity contribution in [1.82, 2.24) is 5.32 Å². The van der Waals surface area contributed by atoms with Gasteiger partial charge in [-0.25, -0.2) is 0 Å². The molecule has 0 bridgehead atoms. The van der Waals surface area contributed by atoms with Gasteiger partial charge < -0.3 is 10.6 Å². The van der Waals surface area contributed by atoms with E-state index in [-0.39, 0.29) is 11.5 Å². The summed E-state index contributed by atoms with van der Waals surface area (Å²) in [6.07, 6.45) is 4.57. The van der Waals surface area contributed by atoms with Crippen LogP contribution in [0.25, 0.3) is 12.2 Å². The highest BCUT2D eigenvalue weighted by molar-refractivity contribution is 6.37. The number of allylic oxidation sites excluding steroid dienone is 1. The van der Waals surface area contributed by atoms with E-state index in [1.165, 1.54) is 6.08 Å². The molecule has 0 spiro atoms. The minimum absolute atomic E-state index is 0.0763. The maximum absolute atomic E-state index is 13.2. The summed E-state index contributed by atoms with van der Waals surface area (Å²) in [4.78, 5) is 38.6. The Balaban J connectivity index is 1.50. The van der Waals surface area contributed by atoms with Crippen molar-refractivity contribution in [2.24, 2.45) is 0 Å². The Morgan fingerprint density at radius 3 is 2.00 bits per heavy atom. The fourth-order valence-electron chi connectivity index (χ4n) is 3.61. The lowest BCUT2D eigenvalue weighted by atomic mass is 10.1. The van der Waals surface area contributed by atoms with Crippen LogP contribution in [0, 0.1) is 6.92 Å². The first-order valence-electron chi connectivity index (χ1n) is 12.0. The third kappa shape index (κ3) is 7.54. The molecule has 4 aromatic rings. The van der Waals surface area contributed by atoms with Crippen LogP contribution in [0.2, 0.25) is 10.0 Å². The van der Waals surface area contributed by atoms with Gasteiger partial charge in [0.1, 0.15) is 5.70 Å². The van der Waals surface area contributed by atoms with E-state index in [0.717, 1.165) is 11.1 Å². The summed E-state index contributed by atoms with van der Waals surface area (Å²) in [5.41, 5.74) is 3.76. The molecule has 7 heteroatoms. The molecule has 0 fully saturated rings. The molecule has 4 rings (SSSR count). The van der Waals surface area contributed by atoms with Crippen LogP contribution in [0.4, 0.5) is 5.69 Å². The van der Waals surface area contributed by atoms with E-state index in [4.69, 9.17) is 23.2 Å². The average Bonchev–Trinajstić information content (AvgIpc) is 2.94. The molecule has 0 aromatic heterocycles. The number of carbonyl (C=O) groups is 3. The number of hydrogen-bond acceptors (Lipinski definition) is 3. The van der Waals surface area contributed by atoms with Gasteiger partial charge >= 0.3 is 0 Å². The number of hydrogen-bond donors (Lipinski definition) is 2. The maximum atomic E-state index is 13.2. The Labute approximate surface area is 236 Å². The van der Waals surface area contributed by atoms with Crippen LogP contribution in [0.15, 0.2) is 109 Å². The van der Waals surface area contributed by atoms with Gasteiger partial charge in [-0.05, 0) is 79.2 Å². The average molecular weight is 555 g/mol. The number of carbonyl (C=O) groups excluding carboxylic acids is 3. The lowest BCUT2D eigenvalue weighted by Gasteiger charge is -2.12. The fraction of sp³-hybridized carbons (Fsp3) is 0.0312. The van der Waals surface area contributed by atoms with Crippen molar-refractivity contribution in [1.29, 1.82) is 0 Å². The van der Waals surface area contributed by atoms with E-state index in [2.05, 4.69) is 10.6 Å². The lowest BCUT2D eigenvalue weighted by molar-refractivity contribution is -0.113. The zero-order valence-corrected chi connectivity index (χ0v) is 22.5. The Morgan fingerprint density at radius 1 is 0.718 bits per heavy atom. The van der Waals surface area contributed by atoms with Gasteiger partial charge in [0, 0.05) is 32.4 Å². The number of ketones is 1. The summed E-state index contributed by atoms with van der Waals surface area (Å²) in [6, 6.07) is 27.8. The maximum Gasteiger partial charge on any atom is 0.272 e. The quantitative estimate of drug-likeness (QED) is 0.174. The monoisotopic (exact) mass is 554 g/mol. The normalized spacial score (nSPS) is 11.3. The second-order valence-corrected chi connectivity index (χ2v) is 9.47. The molecule has 0 aliphatic carbocycles. The van der Waals surface area contributed by atoms with Crippen molar-refractivity contribution in [2.75, 3.05) is 5.32 Å². The van der Waals surface area contributed by atoms with Gasteiger partial charge in [-0.15, -0.1) is 0 Å². The van der Waals surface area contributed by atoms with Gasteiger partial charge in [-0.2, -0.15) is 0 Å². The van der Waals surface area contributed by atoms with Crippen LogP contribution in [0.5, 0.6) is 0 Å². The molecule has 2 N–H and O–H groups in total. The van der Waals surface area contributed by atoms with Crippen molar-refractivity contribution >= 4 is 58.6 Å². The predicted octanol–water partition coefficient (Wildman–Crippen LogP) is 7.61. The summed E-state index contributed by atoms with van der Waals surface area (Å²) in [5, 5.41) is 6.38. The molecule has 2 amide bonds. The summed E-state index contributed by atoms with van der Waals surface area (Å²) in [6.45, 7) is 1.97. The first-order chi connectivity index (χ1) is 18.8. The highest BCUT2D eigenvalue weighted by Crippen LogP contribution is 2.25. The molecule has 0 unspecified atom stereocenters. The van der Waals surface area contributed by atoms with Crippen LogP contribution < -0.4 is 10.6 Å². The van der Waals surface area contributed by atoms with Crippen molar-refractivity contribution in [2.45, 2.75) is 6.92 Å². The zero-order valence-electron chi connectivity index (χ0n) is 21.0. The summed E-state index contributed by atoms with van der Waals surface area (Å²) in [5.74, 6) is -1.17. The second-order valence-electron chi connectivity index (χ2n) is 8.65. The Kier molecular flexibility index (Phi) is 9.10. The zero-order chi connectivity index (χ0) is 27.8. The van der Waals surface area contributed by atoms with E-state index in [0.29, 0.717) is 32.4 Å². The standard InChI is InChI=1S/C32H24Cl2N2O3/c1-21-10-12-22(13-11-21)20-29(36-31(38)24-6-3-2-4-7-24)32(39)35-25-16-14-23(15-17-25)30(37)19-18-26-27(33)8-5-9-28(26)34/h2-20H,1H3,(H,35,39)(H,36,38)/b19-18+,29-20-. The van der Waals surface area contributed by atoms with Crippen molar-refractivity contribution in [3.8, 4) is 0 Å². The van der Waals surface area contributed by atoms with Crippen LogP contribution in [-0.4, -0.2) is 17.6 Å². The van der Waals surface area contributed by atoms with E-state index >= 15 is 0 Å². The van der Waals surface area contributed by atoms with E-state index in [1.54, 1.807) is 78.9 Å². The van der Waals surface area contributed by atoms with Gasteiger partial charge in [0.15, 0.2) is 5.78 Å². The molecule has 194 valence electrons. The molecule has 4 aromatic carbocycles. The van der Waals surface area contributed by atoms with Crippen molar-refractivity contribution in [3.05, 3.63) is 147 Å². The van der Waals surface area contributed by atoms with Crippen LogP contribution in [0.1, 0.15) is 37.4 Å². The lowest BCUT2D eigenvalue weighted by Crippen LogP contribution is -2.30. The number of nitrogens with one attached hydrogen (secondary N) is 2. The van der Waals surface area contributed by atoms with Crippen LogP contribution in [0.3, 0.4) is 0 Å². The Morgan fingerprint density at radius 2 is 1.36 bits per heavy atom. The summed E-state index contributed by atoms with van der Waals surface area (Å²) >= 11 is 12.3. The fourth-order valence-corrected chi connectivity index (χ4v) is 4.14. The topological polar surface area (TPSA) is 75.3 Å². The third-order valence-corrected chi connectivity index (χ3v) is 6.40. The molecular weight excluding hydrogens is 531 g/mol. The van der Waals surface area contributed by atoms with E-state index in [9.17, 15) is 14.4 Å². The van der Waals surface area contributed by atoms with Crippen molar-refractivity contribution in [3.63, 3.8) is 0 Å². The van der Waals surface area contributed by atoms with Gasteiger partial charge in [-0.3, -0.25) is 14.4 Å². The summed E-state index contributed by atoms with van der Waals surface area (Å²) < 4.78 is 0. The van der Waals surface area contributed by atoms with Gasteiger partial charge in [-0.1, -0.05) is 77.3 Å². The number of benzene rings is 4. The molecule has 0 heterocycles. The third-order valence-electron chi connectivity index (χ3n) is 5.75. The number of halogens is 2. The summed E-state index contributed by atoms with van der Waals surface area (Å²) in [7, 11) is 0. The highest BCUT2D eigenvalue weighted by Gasteiger charge is 2.15. The number of anilines is 1. The highest BCUT2D eigenvalue weighted by atomic mass is 35.5. The van der Waals surface area contributed by atoms with Crippen LogP contribution >= 0.6 is 23.2 Å². The van der Waals surface area contributed by atoms with E-state index in [1.807, 2.05) is 37.3 Å². The number of aryl methyl sites for hydroxylation is 1. The van der Waals surface area contributed by atoms with Crippen LogP contribution in [-0.2, 0) is 4.79 Å². The minimum atomic E-state index is -0.507. The molecule has 0 saturated heterocycles. The Bertz CT molecular complexity index is 1540. The van der Waals surface area contributed by atoms with Gasteiger partial charge in [0.25, 0.3) is 11.8 Å². The molecule has 5 nitrogen and oxygen atoms in total. The number of rotatable bonds is 8. The molecule has 0 aliphatic rings. The largest absolute Gasteiger partial charge is 0.321 e. The second kappa shape index (κ2) is 12.9. The molecule has 0 saturated carbocycles. The minimum Gasteiger partial charge on any atom is -0.321 e. The Hall–Kier alpha value is -4.45. The molecular formula is C32H24Cl2N2O3. The molecule has 0 atom stereocenters. The van der Waals surface area contributed by atoms with Gasteiger partial charge in [0.2, 0.25) is 0 Å².